The molecule has 0 amide bonds. The van der Waals surface area contributed by atoms with Gasteiger partial charge in [-0.3, -0.25) is 0 Å². The van der Waals surface area contributed by atoms with E-state index >= 15 is 0 Å². The van der Waals surface area contributed by atoms with E-state index in [1.165, 1.54) is 44.3 Å². The number of likely N-dealkylation sites (N-methyl/N-ethyl adjacent to an activating group) is 1. The Bertz CT molecular complexity index is 2000. The number of fused-ring (bicyclic) bond motifs is 1. The van der Waals surface area contributed by atoms with Crippen LogP contribution in [0.25, 0.3) is 27.5 Å². The topological polar surface area (TPSA) is 6.48 Å². The van der Waals surface area contributed by atoms with Crippen molar-refractivity contribution in [1.82, 2.24) is 0 Å². The standard InChI is InChI=1S/C44H40N2/c1-5-13-40(14-6-2)46(44-28-23-35-17-10-11-18-37(35)32-44)41-25-21-36(22-26-41)39-24-27-43(30-33(3)29-39)45(4)42-20-12-19-38(31-42)34-15-8-7-9-16-34/h5-28,30-32H,1,29H2,2-4H3/b14-6-,40-13+. The number of anilines is 3. The van der Waals surface area contributed by atoms with E-state index in [0.717, 1.165) is 29.2 Å². The molecular formula is C44H40N2. The first-order valence-corrected chi connectivity index (χ1v) is 15.9. The van der Waals surface area contributed by atoms with E-state index in [0.29, 0.717) is 0 Å². The Balaban J connectivity index is 1.31. The number of rotatable bonds is 9. The molecule has 0 unspecified atom stereocenters. The highest BCUT2D eigenvalue weighted by Crippen LogP contribution is 2.35. The van der Waals surface area contributed by atoms with Crippen molar-refractivity contribution >= 4 is 33.4 Å². The fourth-order valence-electron chi connectivity index (χ4n) is 6.06. The maximum atomic E-state index is 3.99. The van der Waals surface area contributed by atoms with Crippen molar-refractivity contribution in [1.29, 1.82) is 0 Å². The first-order chi connectivity index (χ1) is 22.5. The summed E-state index contributed by atoms with van der Waals surface area (Å²) in [6.45, 7) is 8.26. The summed E-state index contributed by atoms with van der Waals surface area (Å²) >= 11 is 0. The third-order valence-corrected chi connectivity index (χ3v) is 8.42. The van der Waals surface area contributed by atoms with Crippen LogP contribution in [0.1, 0.15) is 25.8 Å². The first kappa shape index (κ1) is 30.4. The van der Waals surface area contributed by atoms with Crippen molar-refractivity contribution in [2.45, 2.75) is 20.3 Å². The van der Waals surface area contributed by atoms with E-state index in [2.05, 4.69) is 188 Å². The Labute approximate surface area is 273 Å². The lowest BCUT2D eigenvalue weighted by Gasteiger charge is -2.27. The lowest BCUT2D eigenvalue weighted by Crippen LogP contribution is -2.15. The van der Waals surface area contributed by atoms with Crippen LogP contribution in [0.4, 0.5) is 17.1 Å². The minimum absolute atomic E-state index is 0.895. The second-order valence-electron chi connectivity index (χ2n) is 11.7. The SMILES string of the molecule is C=C/C=C(\C=C/C)N(c1ccc(C2=CC=C(N(C)c3cccc(-c4ccccc4)c3)C=C(C)C2)cc1)c1ccc2ccccc2c1. The van der Waals surface area contributed by atoms with Gasteiger partial charge in [-0.15, -0.1) is 0 Å². The molecule has 46 heavy (non-hydrogen) atoms. The predicted molar refractivity (Wildman–Crippen MR) is 200 cm³/mol. The third-order valence-electron chi connectivity index (χ3n) is 8.42. The van der Waals surface area contributed by atoms with E-state index in [1.54, 1.807) is 0 Å². The third kappa shape index (κ3) is 6.72. The molecule has 0 N–H and O–H groups in total. The van der Waals surface area contributed by atoms with Gasteiger partial charge in [-0.2, -0.15) is 0 Å². The van der Waals surface area contributed by atoms with Crippen LogP contribution in [0, 0.1) is 0 Å². The minimum Gasteiger partial charge on any atom is -0.345 e. The van der Waals surface area contributed by atoms with E-state index in [-0.39, 0.29) is 0 Å². The zero-order valence-electron chi connectivity index (χ0n) is 26.9. The number of benzene rings is 5. The quantitative estimate of drug-likeness (QED) is 0.156. The molecule has 0 saturated carbocycles. The van der Waals surface area contributed by atoms with Crippen LogP contribution in [0.2, 0.25) is 0 Å². The lowest BCUT2D eigenvalue weighted by atomic mass is 9.98. The van der Waals surface area contributed by atoms with Gasteiger partial charge in [0.15, 0.2) is 0 Å². The monoisotopic (exact) mass is 596 g/mol. The second kappa shape index (κ2) is 14.0. The summed E-state index contributed by atoms with van der Waals surface area (Å²) in [7, 11) is 2.15. The molecule has 0 heterocycles. The fourth-order valence-corrected chi connectivity index (χ4v) is 6.06. The molecule has 2 nitrogen and oxygen atoms in total. The van der Waals surface area contributed by atoms with Crippen molar-refractivity contribution in [2.75, 3.05) is 16.8 Å². The smallest absolute Gasteiger partial charge is 0.0468 e. The number of nitrogens with zero attached hydrogens (tertiary/aromatic N) is 2. The molecule has 6 rings (SSSR count). The van der Waals surface area contributed by atoms with Crippen LogP contribution in [0.5, 0.6) is 0 Å². The normalized spacial score (nSPS) is 13.5. The van der Waals surface area contributed by atoms with Gasteiger partial charge in [0.25, 0.3) is 0 Å². The number of hydrogen-bond acceptors (Lipinski definition) is 2. The van der Waals surface area contributed by atoms with Gasteiger partial charge >= 0.3 is 0 Å². The molecule has 226 valence electrons. The molecule has 0 atom stereocenters. The fraction of sp³-hybridized carbons (Fsp3) is 0.0909. The average molecular weight is 597 g/mol. The van der Waals surface area contributed by atoms with Gasteiger partial charge in [0.2, 0.25) is 0 Å². The maximum absolute atomic E-state index is 3.99. The van der Waals surface area contributed by atoms with Gasteiger partial charge in [-0.25, -0.2) is 0 Å². The molecule has 0 aliphatic heterocycles. The average Bonchev–Trinajstić information content (AvgIpc) is 3.30. The lowest BCUT2D eigenvalue weighted by molar-refractivity contribution is 1.12. The minimum atomic E-state index is 0.895. The largest absolute Gasteiger partial charge is 0.345 e. The summed E-state index contributed by atoms with van der Waals surface area (Å²) in [5, 5.41) is 2.44. The number of hydrogen-bond donors (Lipinski definition) is 0. The second-order valence-corrected chi connectivity index (χ2v) is 11.7. The van der Waals surface area contributed by atoms with Crippen LogP contribution in [0.3, 0.4) is 0 Å². The molecule has 1 aliphatic carbocycles. The highest BCUT2D eigenvalue weighted by atomic mass is 15.1. The van der Waals surface area contributed by atoms with E-state index in [9.17, 15) is 0 Å². The number of allylic oxidation sites excluding steroid dienone is 9. The molecule has 5 aromatic carbocycles. The summed E-state index contributed by atoms with van der Waals surface area (Å²) < 4.78 is 0. The summed E-state index contributed by atoms with van der Waals surface area (Å²) in [4.78, 5) is 4.57. The zero-order chi connectivity index (χ0) is 31.9. The Hall–Kier alpha value is -5.60. The Morgan fingerprint density at radius 3 is 2.15 bits per heavy atom. The zero-order valence-corrected chi connectivity index (χ0v) is 26.9. The maximum Gasteiger partial charge on any atom is 0.0468 e. The van der Waals surface area contributed by atoms with E-state index in [1.807, 2.05) is 13.0 Å². The van der Waals surface area contributed by atoms with Crippen LogP contribution < -0.4 is 9.80 Å². The summed E-state index contributed by atoms with van der Waals surface area (Å²) in [5.74, 6) is 0. The van der Waals surface area contributed by atoms with Gasteiger partial charge in [0.1, 0.15) is 0 Å². The van der Waals surface area contributed by atoms with Gasteiger partial charge in [0.05, 0.1) is 0 Å². The van der Waals surface area contributed by atoms with Gasteiger partial charge in [-0.05, 0) is 114 Å². The van der Waals surface area contributed by atoms with Gasteiger partial charge in [0, 0.05) is 35.5 Å². The molecular weight excluding hydrogens is 556 g/mol. The summed E-state index contributed by atoms with van der Waals surface area (Å²) in [6.07, 6.45) is 15.8. The van der Waals surface area contributed by atoms with Gasteiger partial charge < -0.3 is 9.80 Å². The van der Waals surface area contributed by atoms with Crippen LogP contribution in [-0.2, 0) is 0 Å². The van der Waals surface area contributed by atoms with Crippen LogP contribution in [-0.4, -0.2) is 7.05 Å². The molecule has 0 spiro atoms. The highest BCUT2D eigenvalue weighted by molar-refractivity contribution is 5.88. The molecule has 2 heteroatoms. The van der Waals surface area contributed by atoms with E-state index in [4.69, 9.17) is 0 Å². The predicted octanol–water partition coefficient (Wildman–Crippen LogP) is 12.0. The molecule has 0 saturated heterocycles. The van der Waals surface area contributed by atoms with Crippen molar-refractivity contribution in [3.63, 3.8) is 0 Å². The molecule has 0 fully saturated rings. The van der Waals surface area contributed by atoms with Crippen LogP contribution in [0.15, 0.2) is 187 Å². The Morgan fingerprint density at radius 2 is 1.39 bits per heavy atom. The summed E-state index contributed by atoms with van der Waals surface area (Å²) in [6, 6.07) is 43.4. The molecule has 0 aromatic heterocycles. The van der Waals surface area contributed by atoms with Crippen molar-refractivity contribution in [2.24, 2.45) is 0 Å². The van der Waals surface area contributed by atoms with Crippen LogP contribution >= 0.6 is 0 Å². The summed E-state index contributed by atoms with van der Waals surface area (Å²) in [5.41, 5.74) is 11.9. The molecule has 0 bridgehead atoms. The first-order valence-electron chi connectivity index (χ1n) is 15.9. The molecule has 5 aromatic rings. The highest BCUT2D eigenvalue weighted by Gasteiger charge is 2.16. The van der Waals surface area contributed by atoms with Gasteiger partial charge in [-0.1, -0.05) is 115 Å². The van der Waals surface area contributed by atoms with Crippen molar-refractivity contribution in [3.05, 3.63) is 193 Å². The Morgan fingerprint density at radius 1 is 0.674 bits per heavy atom. The molecule has 1 aliphatic rings. The van der Waals surface area contributed by atoms with E-state index < -0.39 is 0 Å². The Kier molecular flexibility index (Phi) is 9.27. The van der Waals surface area contributed by atoms with Crippen molar-refractivity contribution in [3.8, 4) is 11.1 Å². The van der Waals surface area contributed by atoms with Crippen molar-refractivity contribution < 1.29 is 0 Å². The molecule has 0 radical (unpaired) electrons.